The molecule has 0 aromatic rings. The lowest BCUT2D eigenvalue weighted by atomic mass is 9.99. The van der Waals surface area contributed by atoms with Crippen molar-refractivity contribution in [3.05, 3.63) is 12.7 Å². The van der Waals surface area contributed by atoms with Crippen molar-refractivity contribution in [3.63, 3.8) is 0 Å². The SMILES string of the molecule is C=CCC(O/N=C/Cl)C(C)CC. The lowest BCUT2D eigenvalue weighted by molar-refractivity contribution is 0.0239. The molecule has 0 saturated heterocycles. The maximum Gasteiger partial charge on any atom is 0.133 e. The van der Waals surface area contributed by atoms with Crippen LogP contribution in [0.4, 0.5) is 0 Å². The molecular formula is C9H16ClNO. The van der Waals surface area contributed by atoms with E-state index in [1.165, 1.54) is 0 Å². The van der Waals surface area contributed by atoms with Gasteiger partial charge in [-0.25, -0.2) is 0 Å². The zero-order chi connectivity index (χ0) is 9.40. The van der Waals surface area contributed by atoms with Crippen molar-refractivity contribution in [2.45, 2.75) is 32.8 Å². The average molecular weight is 190 g/mol. The van der Waals surface area contributed by atoms with E-state index in [4.69, 9.17) is 16.4 Å². The van der Waals surface area contributed by atoms with Crippen LogP contribution in [0.1, 0.15) is 26.7 Å². The summed E-state index contributed by atoms with van der Waals surface area (Å²) in [7, 11) is 0. The molecule has 0 aromatic carbocycles. The summed E-state index contributed by atoms with van der Waals surface area (Å²) >= 11 is 5.25. The maximum atomic E-state index is 5.25. The van der Waals surface area contributed by atoms with Crippen LogP contribution < -0.4 is 0 Å². The molecule has 0 aromatic heterocycles. The van der Waals surface area contributed by atoms with Crippen LogP contribution in [0, 0.1) is 5.92 Å². The first-order valence-corrected chi connectivity index (χ1v) is 4.58. The Kier molecular flexibility index (Phi) is 6.87. The number of hydrogen-bond donors (Lipinski definition) is 0. The summed E-state index contributed by atoms with van der Waals surface area (Å²) in [5.74, 6) is 0.475. The zero-order valence-corrected chi connectivity index (χ0v) is 8.42. The van der Waals surface area contributed by atoms with Crippen LogP contribution in [-0.4, -0.2) is 11.8 Å². The molecule has 0 aliphatic rings. The van der Waals surface area contributed by atoms with Gasteiger partial charge in [-0.2, -0.15) is 0 Å². The fourth-order valence-corrected chi connectivity index (χ4v) is 0.954. The lowest BCUT2D eigenvalue weighted by Crippen LogP contribution is -2.18. The summed E-state index contributed by atoms with van der Waals surface area (Å²) < 4.78 is 0. The predicted molar refractivity (Wildman–Crippen MR) is 53.5 cm³/mol. The minimum atomic E-state index is 0.0995. The van der Waals surface area contributed by atoms with E-state index in [-0.39, 0.29) is 6.10 Å². The van der Waals surface area contributed by atoms with Crippen LogP contribution in [0.5, 0.6) is 0 Å². The summed E-state index contributed by atoms with van der Waals surface area (Å²) in [6, 6.07) is 0. The van der Waals surface area contributed by atoms with Crippen molar-refractivity contribution in [3.8, 4) is 0 Å². The molecule has 12 heavy (non-hydrogen) atoms. The van der Waals surface area contributed by atoms with Crippen LogP contribution >= 0.6 is 11.6 Å². The van der Waals surface area contributed by atoms with E-state index in [1.807, 2.05) is 6.08 Å². The van der Waals surface area contributed by atoms with E-state index in [1.54, 1.807) is 0 Å². The molecule has 0 heterocycles. The first-order valence-electron chi connectivity index (χ1n) is 4.15. The van der Waals surface area contributed by atoms with Gasteiger partial charge in [0, 0.05) is 6.42 Å². The van der Waals surface area contributed by atoms with Crippen molar-refractivity contribution in [2.24, 2.45) is 11.1 Å². The quantitative estimate of drug-likeness (QED) is 0.357. The second-order valence-corrected chi connectivity index (χ2v) is 2.95. The minimum absolute atomic E-state index is 0.0995. The Labute approximate surface area is 79.2 Å². The Morgan fingerprint density at radius 2 is 2.33 bits per heavy atom. The van der Waals surface area contributed by atoms with Gasteiger partial charge in [-0.15, -0.1) is 6.58 Å². The largest absolute Gasteiger partial charge is 0.391 e. The van der Waals surface area contributed by atoms with Crippen LogP contribution in [-0.2, 0) is 4.84 Å². The molecule has 2 atom stereocenters. The normalized spacial score (nSPS) is 15.9. The topological polar surface area (TPSA) is 21.6 Å². The Hall–Kier alpha value is -0.500. The zero-order valence-electron chi connectivity index (χ0n) is 7.66. The fourth-order valence-electron chi connectivity index (χ4n) is 0.908. The lowest BCUT2D eigenvalue weighted by Gasteiger charge is -2.18. The molecule has 2 unspecified atom stereocenters. The first kappa shape index (κ1) is 11.5. The minimum Gasteiger partial charge on any atom is -0.391 e. The van der Waals surface area contributed by atoms with Gasteiger partial charge in [0.1, 0.15) is 11.8 Å². The van der Waals surface area contributed by atoms with Gasteiger partial charge in [-0.1, -0.05) is 36.7 Å². The molecule has 0 bridgehead atoms. The molecule has 0 aliphatic carbocycles. The van der Waals surface area contributed by atoms with E-state index < -0.39 is 0 Å². The molecule has 0 saturated carbocycles. The van der Waals surface area contributed by atoms with E-state index >= 15 is 0 Å². The Morgan fingerprint density at radius 3 is 2.75 bits per heavy atom. The number of hydrogen-bond acceptors (Lipinski definition) is 2. The van der Waals surface area contributed by atoms with Gasteiger partial charge >= 0.3 is 0 Å². The highest BCUT2D eigenvalue weighted by Gasteiger charge is 2.15. The molecule has 70 valence electrons. The van der Waals surface area contributed by atoms with Gasteiger partial charge in [0.2, 0.25) is 0 Å². The fraction of sp³-hybridized carbons (Fsp3) is 0.667. The average Bonchev–Trinajstić information content (AvgIpc) is 2.11. The summed E-state index contributed by atoms with van der Waals surface area (Å²) in [5, 5.41) is 3.55. The second kappa shape index (κ2) is 7.17. The van der Waals surface area contributed by atoms with Gasteiger partial charge in [-0.3, -0.25) is 0 Å². The summed E-state index contributed by atoms with van der Waals surface area (Å²) in [5.41, 5.74) is 1.14. The van der Waals surface area contributed by atoms with Gasteiger partial charge in [-0.05, 0) is 12.3 Å². The summed E-state index contributed by atoms with van der Waals surface area (Å²) in [6.45, 7) is 7.90. The number of rotatable bonds is 6. The second-order valence-electron chi connectivity index (χ2n) is 2.76. The molecule has 0 radical (unpaired) electrons. The highest BCUT2D eigenvalue weighted by molar-refractivity contribution is 6.56. The van der Waals surface area contributed by atoms with E-state index in [9.17, 15) is 0 Å². The molecule has 2 nitrogen and oxygen atoms in total. The molecule has 0 fully saturated rings. The van der Waals surface area contributed by atoms with Gasteiger partial charge in [0.15, 0.2) is 0 Å². The highest BCUT2D eigenvalue weighted by atomic mass is 35.5. The maximum absolute atomic E-state index is 5.25. The van der Waals surface area contributed by atoms with Crippen LogP contribution in [0.2, 0.25) is 0 Å². The third kappa shape index (κ3) is 4.39. The monoisotopic (exact) mass is 189 g/mol. The Bertz CT molecular complexity index is 147. The number of oxime groups is 1. The number of nitrogens with zero attached hydrogens (tertiary/aromatic N) is 1. The Balaban J connectivity index is 3.92. The predicted octanol–water partition coefficient (Wildman–Crippen LogP) is 3.18. The first-order chi connectivity index (χ1) is 5.76. The van der Waals surface area contributed by atoms with Gasteiger partial charge in [0.25, 0.3) is 0 Å². The standard InChI is InChI=1S/C9H16ClNO/c1-4-6-9(8(3)5-2)12-11-7-10/h4,7-9H,1,5-6H2,2-3H3/b11-7+. The highest BCUT2D eigenvalue weighted by Crippen LogP contribution is 2.15. The van der Waals surface area contributed by atoms with Crippen molar-refractivity contribution in [1.29, 1.82) is 0 Å². The number of halogens is 1. The van der Waals surface area contributed by atoms with Crippen molar-refractivity contribution >= 4 is 17.3 Å². The van der Waals surface area contributed by atoms with Gasteiger partial charge in [0.05, 0.1) is 0 Å². The third-order valence-electron chi connectivity index (χ3n) is 1.91. The van der Waals surface area contributed by atoms with Crippen LogP contribution in [0.25, 0.3) is 0 Å². The molecule has 0 N–H and O–H groups in total. The van der Waals surface area contributed by atoms with Gasteiger partial charge < -0.3 is 4.84 Å². The van der Waals surface area contributed by atoms with E-state index in [0.29, 0.717) is 5.92 Å². The smallest absolute Gasteiger partial charge is 0.133 e. The van der Waals surface area contributed by atoms with Crippen molar-refractivity contribution < 1.29 is 4.84 Å². The van der Waals surface area contributed by atoms with Crippen LogP contribution in [0.15, 0.2) is 17.8 Å². The molecule has 0 aliphatic heterocycles. The Morgan fingerprint density at radius 1 is 1.67 bits per heavy atom. The van der Waals surface area contributed by atoms with E-state index in [0.717, 1.165) is 18.5 Å². The summed E-state index contributed by atoms with van der Waals surface area (Å²) in [6.07, 6.45) is 3.81. The van der Waals surface area contributed by atoms with Crippen molar-refractivity contribution in [2.75, 3.05) is 0 Å². The molecular weight excluding hydrogens is 174 g/mol. The molecule has 0 rings (SSSR count). The van der Waals surface area contributed by atoms with Crippen molar-refractivity contribution in [1.82, 2.24) is 0 Å². The molecule has 3 heteroatoms. The molecule has 0 spiro atoms. The summed E-state index contributed by atoms with van der Waals surface area (Å²) in [4.78, 5) is 5.15. The van der Waals surface area contributed by atoms with Crippen LogP contribution in [0.3, 0.4) is 0 Å². The molecule has 0 amide bonds. The third-order valence-corrected chi connectivity index (χ3v) is 1.99. The van der Waals surface area contributed by atoms with E-state index in [2.05, 4.69) is 25.6 Å².